The fraction of sp³-hybridized carbons (Fsp3) is 0.471. The van der Waals surface area contributed by atoms with Gasteiger partial charge in [-0.2, -0.15) is 0 Å². The number of anilines is 1. The molecule has 24 heavy (non-hydrogen) atoms. The first-order valence-electron chi connectivity index (χ1n) is 8.00. The number of benzene rings is 1. The standard InChI is InChI=1S/C17H22ClN3O3/c1-11-12(18)6-5-7-13(11)20-14(22)10-15(23)21-17(16(19)24)8-3-2-4-9-17/h5-7H,2-4,8-10H2,1H3,(H2,19,24)(H,20,22)(H,21,23). The van der Waals surface area contributed by atoms with Crippen LogP contribution in [0.2, 0.25) is 5.02 Å². The zero-order chi connectivity index (χ0) is 17.7. The van der Waals surface area contributed by atoms with Crippen LogP contribution in [0.4, 0.5) is 5.69 Å². The zero-order valence-electron chi connectivity index (χ0n) is 13.7. The molecule has 1 aromatic carbocycles. The van der Waals surface area contributed by atoms with Gasteiger partial charge < -0.3 is 16.4 Å². The Bertz CT molecular complexity index is 654. The van der Waals surface area contributed by atoms with Gasteiger partial charge in [0.2, 0.25) is 17.7 Å². The molecule has 0 saturated heterocycles. The van der Waals surface area contributed by atoms with E-state index < -0.39 is 23.3 Å². The van der Waals surface area contributed by atoms with Crippen molar-refractivity contribution in [3.8, 4) is 0 Å². The van der Waals surface area contributed by atoms with E-state index in [-0.39, 0.29) is 6.42 Å². The Morgan fingerprint density at radius 2 is 1.83 bits per heavy atom. The molecule has 1 aliphatic rings. The summed E-state index contributed by atoms with van der Waals surface area (Å²) in [7, 11) is 0. The third kappa shape index (κ3) is 4.26. The molecule has 0 radical (unpaired) electrons. The lowest BCUT2D eigenvalue weighted by Gasteiger charge is -2.35. The number of nitrogens with one attached hydrogen (secondary N) is 2. The van der Waals surface area contributed by atoms with Gasteiger partial charge in [0.05, 0.1) is 0 Å². The number of carbonyl (C=O) groups is 3. The highest BCUT2D eigenvalue weighted by Gasteiger charge is 2.39. The molecule has 7 heteroatoms. The van der Waals surface area contributed by atoms with Gasteiger partial charge in [-0.05, 0) is 37.5 Å². The van der Waals surface area contributed by atoms with E-state index in [0.29, 0.717) is 23.6 Å². The summed E-state index contributed by atoms with van der Waals surface area (Å²) in [5.41, 5.74) is 5.73. The smallest absolute Gasteiger partial charge is 0.243 e. The topological polar surface area (TPSA) is 101 Å². The minimum absolute atomic E-state index is 0.374. The Morgan fingerprint density at radius 1 is 1.17 bits per heavy atom. The molecule has 1 aromatic rings. The lowest BCUT2D eigenvalue weighted by atomic mass is 9.81. The summed E-state index contributed by atoms with van der Waals surface area (Å²) in [6.07, 6.45) is 3.33. The van der Waals surface area contributed by atoms with Crippen LogP contribution < -0.4 is 16.4 Å². The second-order valence-electron chi connectivity index (χ2n) is 6.19. The number of amides is 3. The zero-order valence-corrected chi connectivity index (χ0v) is 14.4. The van der Waals surface area contributed by atoms with E-state index in [1.54, 1.807) is 25.1 Å². The quantitative estimate of drug-likeness (QED) is 0.709. The molecular weight excluding hydrogens is 330 g/mol. The molecule has 3 amide bonds. The summed E-state index contributed by atoms with van der Waals surface area (Å²) in [6.45, 7) is 1.78. The number of hydrogen-bond acceptors (Lipinski definition) is 3. The summed E-state index contributed by atoms with van der Waals surface area (Å²) in [5.74, 6) is -1.51. The van der Waals surface area contributed by atoms with Gasteiger partial charge in [-0.3, -0.25) is 14.4 Å². The maximum atomic E-state index is 12.2. The maximum absolute atomic E-state index is 12.2. The molecule has 0 bridgehead atoms. The van der Waals surface area contributed by atoms with Crippen LogP contribution in [0.5, 0.6) is 0 Å². The van der Waals surface area contributed by atoms with Crippen LogP contribution >= 0.6 is 11.6 Å². The highest BCUT2D eigenvalue weighted by Crippen LogP contribution is 2.28. The average molecular weight is 352 g/mol. The molecule has 0 spiro atoms. The predicted octanol–water partition coefficient (Wildman–Crippen LogP) is 2.28. The van der Waals surface area contributed by atoms with Gasteiger partial charge >= 0.3 is 0 Å². The Morgan fingerprint density at radius 3 is 2.46 bits per heavy atom. The molecule has 2 rings (SSSR count). The van der Waals surface area contributed by atoms with Gasteiger partial charge in [0.1, 0.15) is 12.0 Å². The second-order valence-corrected chi connectivity index (χ2v) is 6.60. The molecule has 1 saturated carbocycles. The molecule has 1 fully saturated rings. The van der Waals surface area contributed by atoms with Crippen molar-refractivity contribution in [1.29, 1.82) is 0 Å². The number of halogens is 1. The van der Waals surface area contributed by atoms with E-state index in [0.717, 1.165) is 24.8 Å². The molecule has 1 aliphatic carbocycles. The fourth-order valence-corrected chi connectivity index (χ4v) is 3.16. The first-order valence-corrected chi connectivity index (χ1v) is 8.38. The van der Waals surface area contributed by atoms with Crippen LogP contribution in [0.3, 0.4) is 0 Å². The van der Waals surface area contributed by atoms with Crippen molar-refractivity contribution in [1.82, 2.24) is 5.32 Å². The Labute approximate surface area is 146 Å². The largest absolute Gasteiger partial charge is 0.368 e. The van der Waals surface area contributed by atoms with E-state index in [1.165, 1.54) is 0 Å². The third-order valence-corrected chi connectivity index (χ3v) is 4.83. The van der Waals surface area contributed by atoms with Gasteiger partial charge in [0.25, 0.3) is 0 Å². The fourth-order valence-electron chi connectivity index (χ4n) is 2.98. The molecule has 0 aromatic heterocycles. The minimum atomic E-state index is -1.03. The van der Waals surface area contributed by atoms with E-state index >= 15 is 0 Å². The van der Waals surface area contributed by atoms with Gasteiger partial charge in [-0.15, -0.1) is 0 Å². The Hall–Kier alpha value is -2.08. The van der Waals surface area contributed by atoms with E-state index in [9.17, 15) is 14.4 Å². The molecule has 0 unspecified atom stereocenters. The maximum Gasteiger partial charge on any atom is 0.243 e. The van der Waals surface area contributed by atoms with Crippen LogP contribution in [-0.2, 0) is 14.4 Å². The highest BCUT2D eigenvalue weighted by atomic mass is 35.5. The summed E-state index contributed by atoms with van der Waals surface area (Å²) < 4.78 is 0. The second kappa shape index (κ2) is 7.66. The average Bonchev–Trinajstić information content (AvgIpc) is 2.52. The number of hydrogen-bond donors (Lipinski definition) is 3. The summed E-state index contributed by atoms with van der Waals surface area (Å²) in [5, 5.41) is 5.87. The van der Waals surface area contributed by atoms with Gasteiger partial charge in [-0.25, -0.2) is 0 Å². The first kappa shape index (κ1) is 18.3. The van der Waals surface area contributed by atoms with Crippen molar-refractivity contribution in [3.63, 3.8) is 0 Å². The first-order chi connectivity index (χ1) is 11.3. The lowest BCUT2D eigenvalue weighted by Crippen LogP contribution is -2.58. The number of carbonyl (C=O) groups excluding carboxylic acids is 3. The van der Waals surface area contributed by atoms with Gasteiger partial charge in [-0.1, -0.05) is 36.9 Å². The lowest BCUT2D eigenvalue weighted by molar-refractivity contribution is -0.134. The minimum Gasteiger partial charge on any atom is -0.368 e. The summed E-state index contributed by atoms with van der Waals surface area (Å²) >= 11 is 6.00. The molecule has 6 nitrogen and oxygen atoms in total. The molecule has 0 atom stereocenters. The number of primary amides is 1. The van der Waals surface area contributed by atoms with E-state index in [2.05, 4.69) is 10.6 Å². The van der Waals surface area contributed by atoms with Crippen LogP contribution in [0.15, 0.2) is 18.2 Å². The van der Waals surface area contributed by atoms with Gasteiger partial charge in [0, 0.05) is 10.7 Å². The van der Waals surface area contributed by atoms with Crippen molar-refractivity contribution in [2.75, 3.05) is 5.32 Å². The van der Waals surface area contributed by atoms with E-state index in [1.807, 2.05) is 0 Å². The van der Waals surface area contributed by atoms with Crippen molar-refractivity contribution in [2.45, 2.75) is 51.0 Å². The molecule has 4 N–H and O–H groups in total. The normalized spacial score (nSPS) is 16.2. The SMILES string of the molecule is Cc1c(Cl)cccc1NC(=O)CC(=O)NC1(C(N)=O)CCCCC1. The molecular formula is C17H22ClN3O3. The summed E-state index contributed by atoms with van der Waals surface area (Å²) in [4.78, 5) is 36.0. The Balaban J connectivity index is 1.97. The van der Waals surface area contributed by atoms with Crippen LogP contribution in [-0.4, -0.2) is 23.3 Å². The Kier molecular flexibility index (Phi) is 5.83. The van der Waals surface area contributed by atoms with Crippen molar-refractivity contribution in [3.05, 3.63) is 28.8 Å². The molecule has 130 valence electrons. The predicted molar refractivity (Wildman–Crippen MR) is 92.6 cm³/mol. The van der Waals surface area contributed by atoms with E-state index in [4.69, 9.17) is 17.3 Å². The molecule has 0 heterocycles. The monoisotopic (exact) mass is 351 g/mol. The molecule has 0 aliphatic heterocycles. The number of rotatable bonds is 5. The van der Waals surface area contributed by atoms with Crippen LogP contribution in [0.1, 0.15) is 44.1 Å². The van der Waals surface area contributed by atoms with Crippen molar-refractivity contribution in [2.24, 2.45) is 5.73 Å². The van der Waals surface area contributed by atoms with Crippen molar-refractivity contribution >= 4 is 35.0 Å². The number of nitrogens with two attached hydrogens (primary N) is 1. The summed E-state index contributed by atoms with van der Waals surface area (Å²) in [6, 6.07) is 5.15. The van der Waals surface area contributed by atoms with Crippen molar-refractivity contribution < 1.29 is 14.4 Å². The van der Waals surface area contributed by atoms with Crippen LogP contribution in [0.25, 0.3) is 0 Å². The highest BCUT2D eigenvalue weighted by molar-refractivity contribution is 6.31. The van der Waals surface area contributed by atoms with Gasteiger partial charge in [0.15, 0.2) is 0 Å². The van der Waals surface area contributed by atoms with Crippen LogP contribution in [0, 0.1) is 6.92 Å². The third-order valence-electron chi connectivity index (χ3n) is 4.42.